The minimum atomic E-state index is -0.0101. The number of benzene rings is 2. The summed E-state index contributed by atoms with van der Waals surface area (Å²) in [6.07, 6.45) is 5.52. The monoisotopic (exact) mass is 453 g/mol. The standard InChI is InChI=1S/C27H27N5O2/c1-34-25-12-6-5-11-23(25)26-24(20-32(29-26)22-9-3-2-4-10-22)27(33)31-16-14-30(15-17-31)19-21-8-7-13-28-18-21/h2-13,18,20H,14-17,19H2,1H3. The van der Waals surface area contributed by atoms with Gasteiger partial charge >= 0.3 is 0 Å². The van der Waals surface area contributed by atoms with Crippen LogP contribution in [0.3, 0.4) is 0 Å². The summed E-state index contributed by atoms with van der Waals surface area (Å²) in [4.78, 5) is 22.2. The molecule has 0 radical (unpaired) electrons. The Labute approximate surface area is 199 Å². The molecule has 0 bridgehead atoms. The Morgan fingerprint density at radius 1 is 0.941 bits per heavy atom. The summed E-state index contributed by atoms with van der Waals surface area (Å²) in [6.45, 7) is 3.81. The van der Waals surface area contributed by atoms with Crippen molar-refractivity contribution in [2.75, 3.05) is 33.3 Å². The van der Waals surface area contributed by atoms with Crippen LogP contribution in [0.15, 0.2) is 85.3 Å². The van der Waals surface area contributed by atoms with E-state index in [-0.39, 0.29) is 5.91 Å². The van der Waals surface area contributed by atoms with E-state index in [1.54, 1.807) is 18.0 Å². The lowest BCUT2D eigenvalue weighted by Crippen LogP contribution is -2.48. The SMILES string of the molecule is COc1ccccc1-c1nn(-c2ccccc2)cc1C(=O)N1CCN(Cc2cccnc2)CC1. The Morgan fingerprint density at radius 2 is 1.71 bits per heavy atom. The zero-order valence-corrected chi connectivity index (χ0v) is 19.2. The number of carbonyl (C=O) groups is 1. The highest BCUT2D eigenvalue weighted by molar-refractivity contribution is 6.00. The second kappa shape index (κ2) is 9.89. The second-order valence-corrected chi connectivity index (χ2v) is 8.30. The number of piperazine rings is 1. The van der Waals surface area contributed by atoms with E-state index in [1.165, 1.54) is 5.56 Å². The molecule has 2 aromatic carbocycles. The molecule has 1 aliphatic rings. The van der Waals surface area contributed by atoms with Crippen LogP contribution in [-0.2, 0) is 6.54 Å². The van der Waals surface area contributed by atoms with Crippen molar-refractivity contribution in [3.63, 3.8) is 0 Å². The van der Waals surface area contributed by atoms with Crippen LogP contribution in [0.5, 0.6) is 5.75 Å². The van der Waals surface area contributed by atoms with E-state index in [0.717, 1.165) is 30.9 Å². The molecule has 2 aromatic heterocycles. The van der Waals surface area contributed by atoms with Gasteiger partial charge in [-0.2, -0.15) is 5.10 Å². The van der Waals surface area contributed by atoms with E-state index in [4.69, 9.17) is 9.84 Å². The fourth-order valence-corrected chi connectivity index (χ4v) is 4.31. The smallest absolute Gasteiger partial charge is 0.257 e. The molecule has 0 N–H and O–H groups in total. The first-order valence-electron chi connectivity index (χ1n) is 11.4. The zero-order chi connectivity index (χ0) is 23.3. The van der Waals surface area contributed by atoms with Crippen molar-refractivity contribution in [3.8, 4) is 22.7 Å². The molecular formula is C27H27N5O2. The number of methoxy groups -OCH3 is 1. The number of hydrogen-bond donors (Lipinski definition) is 0. The van der Waals surface area contributed by atoms with Gasteiger partial charge in [0.25, 0.3) is 5.91 Å². The van der Waals surface area contributed by atoms with Crippen LogP contribution in [0.2, 0.25) is 0 Å². The largest absolute Gasteiger partial charge is 0.496 e. The summed E-state index contributed by atoms with van der Waals surface area (Å²) in [7, 11) is 1.63. The molecule has 0 spiro atoms. The highest BCUT2D eigenvalue weighted by Crippen LogP contribution is 2.32. The normalized spacial score (nSPS) is 14.2. The van der Waals surface area contributed by atoms with Gasteiger partial charge in [0.2, 0.25) is 0 Å². The topological polar surface area (TPSA) is 63.5 Å². The van der Waals surface area contributed by atoms with Gasteiger partial charge in [-0.15, -0.1) is 0 Å². The van der Waals surface area contributed by atoms with Gasteiger partial charge in [0, 0.05) is 56.9 Å². The van der Waals surface area contributed by atoms with Crippen molar-refractivity contribution in [2.24, 2.45) is 0 Å². The van der Waals surface area contributed by atoms with Crippen molar-refractivity contribution in [1.82, 2.24) is 24.6 Å². The van der Waals surface area contributed by atoms with Crippen LogP contribution >= 0.6 is 0 Å². The molecule has 5 rings (SSSR count). The Bertz CT molecular complexity index is 1250. The van der Waals surface area contributed by atoms with Gasteiger partial charge < -0.3 is 9.64 Å². The second-order valence-electron chi connectivity index (χ2n) is 8.30. The number of carbonyl (C=O) groups excluding carboxylic acids is 1. The third-order valence-electron chi connectivity index (χ3n) is 6.12. The summed E-state index contributed by atoms with van der Waals surface area (Å²) in [6, 6.07) is 21.6. The Kier molecular flexibility index (Phi) is 6.35. The molecule has 0 atom stereocenters. The van der Waals surface area contributed by atoms with E-state index in [0.29, 0.717) is 30.1 Å². The number of nitrogens with zero attached hydrogens (tertiary/aromatic N) is 5. The maximum absolute atomic E-state index is 13.7. The third-order valence-corrected chi connectivity index (χ3v) is 6.12. The predicted molar refractivity (Wildman–Crippen MR) is 131 cm³/mol. The van der Waals surface area contributed by atoms with Crippen LogP contribution in [0.4, 0.5) is 0 Å². The molecule has 0 unspecified atom stereocenters. The Hall–Kier alpha value is -3.97. The van der Waals surface area contributed by atoms with Crippen LogP contribution in [0, 0.1) is 0 Å². The maximum atomic E-state index is 13.7. The van der Waals surface area contributed by atoms with E-state index in [2.05, 4.69) is 16.0 Å². The summed E-state index contributed by atoms with van der Waals surface area (Å²) in [5.41, 5.74) is 4.10. The van der Waals surface area contributed by atoms with Crippen molar-refractivity contribution >= 4 is 5.91 Å². The summed E-state index contributed by atoms with van der Waals surface area (Å²) >= 11 is 0. The fraction of sp³-hybridized carbons (Fsp3) is 0.222. The average Bonchev–Trinajstić information content (AvgIpc) is 3.35. The van der Waals surface area contributed by atoms with E-state index in [1.807, 2.05) is 78.0 Å². The molecule has 0 aliphatic carbocycles. The summed E-state index contributed by atoms with van der Waals surface area (Å²) in [5.74, 6) is 0.681. The lowest BCUT2D eigenvalue weighted by Gasteiger charge is -2.34. The first-order chi connectivity index (χ1) is 16.7. The van der Waals surface area contributed by atoms with Gasteiger partial charge in [-0.05, 0) is 35.9 Å². The van der Waals surface area contributed by atoms with Crippen molar-refractivity contribution in [1.29, 1.82) is 0 Å². The number of ether oxygens (including phenoxy) is 1. The Balaban J connectivity index is 1.41. The van der Waals surface area contributed by atoms with Gasteiger partial charge in [-0.25, -0.2) is 4.68 Å². The highest BCUT2D eigenvalue weighted by atomic mass is 16.5. The van der Waals surface area contributed by atoms with E-state index < -0.39 is 0 Å². The molecule has 7 nitrogen and oxygen atoms in total. The van der Waals surface area contributed by atoms with Crippen LogP contribution in [0.25, 0.3) is 16.9 Å². The zero-order valence-electron chi connectivity index (χ0n) is 19.2. The molecule has 1 fully saturated rings. The van der Waals surface area contributed by atoms with Gasteiger partial charge in [0.1, 0.15) is 11.4 Å². The van der Waals surface area contributed by atoms with Gasteiger partial charge in [0.05, 0.1) is 18.4 Å². The number of pyridine rings is 1. The van der Waals surface area contributed by atoms with Gasteiger partial charge in [-0.1, -0.05) is 36.4 Å². The van der Waals surface area contributed by atoms with Crippen molar-refractivity contribution in [3.05, 3.63) is 96.4 Å². The number of aromatic nitrogens is 3. The maximum Gasteiger partial charge on any atom is 0.257 e. The lowest BCUT2D eigenvalue weighted by atomic mass is 10.1. The number of para-hydroxylation sites is 2. The Morgan fingerprint density at radius 3 is 2.44 bits per heavy atom. The summed E-state index contributed by atoms with van der Waals surface area (Å²) < 4.78 is 7.35. The first kappa shape index (κ1) is 21.9. The predicted octanol–water partition coefficient (Wildman–Crippen LogP) is 3.90. The molecule has 1 amide bonds. The third kappa shape index (κ3) is 4.56. The number of amides is 1. The van der Waals surface area contributed by atoms with E-state index in [9.17, 15) is 4.79 Å². The van der Waals surface area contributed by atoms with E-state index >= 15 is 0 Å². The average molecular weight is 454 g/mol. The summed E-state index contributed by atoms with van der Waals surface area (Å²) in [5, 5.41) is 4.82. The highest BCUT2D eigenvalue weighted by Gasteiger charge is 2.27. The lowest BCUT2D eigenvalue weighted by molar-refractivity contribution is 0.0629. The molecule has 7 heteroatoms. The van der Waals surface area contributed by atoms with Crippen molar-refractivity contribution < 1.29 is 9.53 Å². The molecule has 0 saturated carbocycles. The molecule has 1 aliphatic heterocycles. The molecule has 1 saturated heterocycles. The quantitative estimate of drug-likeness (QED) is 0.443. The number of rotatable bonds is 6. The van der Waals surface area contributed by atoms with Gasteiger partial charge in [-0.3, -0.25) is 14.7 Å². The minimum Gasteiger partial charge on any atom is -0.496 e. The molecule has 4 aromatic rings. The molecular weight excluding hydrogens is 426 g/mol. The molecule has 3 heterocycles. The fourth-order valence-electron chi connectivity index (χ4n) is 4.31. The van der Waals surface area contributed by atoms with Crippen LogP contribution in [0.1, 0.15) is 15.9 Å². The minimum absolute atomic E-state index is 0.0101. The van der Waals surface area contributed by atoms with Crippen LogP contribution < -0.4 is 4.74 Å². The number of hydrogen-bond acceptors (Lipinski definition) is 5. The molecule has 172 valence electrons. The van der Waals surface area contributed by atoms with Crippen molar-refractivity contribution in [2.45, 2.75) is 6.54 Å². The van der Waals surface area contributed by atoms with Gasteiger partial charge in [0.15, 0.2) is 0 Å². The first-order valence-corrected chi connectivity index (χ1v) is 11.4. The van der Waals surface area contributed by atoms with Crippen LogP contribution in [-0.4, -0.2) is 63.8 Å². The molecule has 34 heavy (non-hydrogen) atoms.